The quantitative estimate of drug-likeness (QED) is 0.840. The van der Waals surface area contributed by atoms with E-state index >= 15 is 0 Å². The van der Waals surface area contributed by atoms with Gasteiger partial charge in [-0.15, -0.1) is 0 Å². The molecule has 104 valence electrons. The lowest BCUT2D eigenvalue weighted by Gasteiger charge is -2.21. The van der Waals surface area contributed by atoms with Gasteiger partial charge in [-0.2, -0.15) is 0 Å². The zero-order chi connectivity index (χ0) is 14.0. The molecular formula is C16H16O3S. The molecule has 0 N–H and O–H groups in total. The highest BCUT2D eigenvalue weighted by Crippen LogP contribution is 2.31. The first kappa shape index (κ1) is 13.3. The van der Waals surface area contributed by atoms with Gasteiger partial charge in [-0.1, -0.05) is 36.4 Å². The van der Waals surface area contributed by atoms with Gasteiger partial charge < -0.3 is 4.74 Å². The Morgan fingerprint density at radius 3 is 2.60 bits per heavy atom. The first-order valence-electron chi connectivity index (χ1n) is 6.66. The van der Waals surface area contributed by atoms with Crippen molar-refractivity contribution < 1.29 is 13.2 Å². The number of hydrogen-bond donors (Lipinski definition) is 0. The monoisotopic (exact) mass is 288 g/mol. The Balaban J connectivity index is 2.17. The molecule has 0 unspecified atom stereocenters. The van der Waals surface area contributed by atoms with E-state index in [2.05, 4.69) is 6.08 Å². The predicted octanol–water partition coefficient (Wildman–Crippen LogP) is 3.02. The second kappa shape index (κ2) is 5.38. The van der Waals surface area contributed by atoms with Crippen molar-refractivity contribution in [2.75, 3.05) is 13.2 Å². The minimum absolute atomic E-state index is 0.147. The molecule has 3 nitrogen and oxygen atoms in total. The van der Waals surface area contributed by atoms with Crippen molar-refractivity contribution in [2.45, 2.75) is 17.7 Å². The standard InChI is InChI=1S/C16H16O3S/c17-20(18,14-8-4-2-5-9-14)16-12-19-11-13-7-3-1-6-10-15(13)16/h2,4-10H,1,3,11-12H2. The summed E-state index contributed by atoms with van der Waals surface area (Å²) in [4.78, 5) is 0.698. The van der Waals surface area contributed by atoms with Crippen LogP contribution in [-0.2, 0) is 14.6 Å². The molecule has 2 aliphatic rings. The van der Waals surface area contributed by atoms with E-state index in [0.717, 1.165) is 24.0 Å². The molecule has 1 aromatic rings. The Morgan fingerprint density at radius 2 is 1.80 bits per heavy atom. The Kier molecular flexibility index (Phi) is 3.59. The molecule has 1 aromatic carbocycles. The zero-order valence-corrected chi connectivity index (χ0v) is 11.9. The largest absolute Gasteiger partial charge is 0.371 e. The highest BCUT2D eigenvalue weighted by atomic mass is 32.2. The fourth-order valence-electron chi connectivity index (χ4n) is 2.48. The lowest BCUT2D eigenvalue weighted by atomic mass is 10.1. The summed E-state index contributed by atoms with van der Waals surface area (Å²) in [5.41, 5.74) is 1.80. The minimum Gasteiger partial charge on any atom is -0.371 e. The average molecular weight is 288 g/mol. The van der Waals surface area contributed by atoms with E-state index in [1.807, 2.05) is 18.2 Å². The van der Waals surface area contributed by atoms with E-state index in [-0.39, 0.29) is 6.61 Å². The van der Waals surface area contributed by atoms with Crippen LogP contribution >= 0.6 is 0 Å². The van der Waals surface area contributed by atoms with E-state index in [9.17, 15) is 8.42 Å². The van der Waals surface area contributed by atoms with Crippen molar-refractivity contribution in [1.82, 2.24) is 0 Å². The molecule has 0 fully saturated rings. The van der Waals surface area contributed by atoms with Crippen LogP contribution in [-0.4, -0.2) is 21.6 Å². The predicted molar refractivity (Wildman–Crippen MR) is 77.9 cm³/mol. The van der Waals surface area contributed by atoms with Gasteiger partial charge in [-0.3, -0.25) is 0 Å². The van der Waals surface area contributed by atoms with Crippen LogP contribution in [0.4, 0.5) is 0 Å². The molecule has 0 saturated heterocycles. The van der Waals surface area contributed by atoms with Crippen molar-refractivity contribution in [3.63, 3.8) is 0 Å². The van der Waals surface area contributed by atoms with Gasteiger partial charge in [-0.25, -0.2) is 8.42 Å². The first-order chi connectivity index (χ1) is 9.69. The van der Waals surface area contributed by atoms with Crippen molar-refractivity contribution in [2.24, 2.45) is 0 Å². The molecule has 0 radical (unpaired) electrons. The summed E-state index contributed by atoms with van der Waals surface area (Å²) < 4.78 is 31.0. The second-order valence-corrected chi connectivity index (χ2v) is 6.83. The van der Waals surface area contributed by atoms with Gasteiger partial charge in [0, 0.05) is 0 Å². The second-order valence-electron chi connectivity index (χ2n) is 4.86. The van der Waals surface area contributed by atoms with Gasteiger partial charge in [0.2, 0.25) is 9.84 Å². The van der Waals surface area contributed by atoms with Gasteiger partial charge in [-0.05, 0) is 36.1 Å². The molecule has 0 bridgehead atoms. The first-order valence-corrected chi connectivity index (χ1v) is 8.15. The maximum absolute atomic E-state index is 12.8. The van der Waals surface area contributed by atoms with E-state index in [1.54, 1.807) is 24.3 Å². The number of hydrogen-bond acceptors (Lipinski definition) is 3. The normalized spacial score (nSPS) is 19.3. The van der Waals surface area contributed by atoms with Gasteiger partial charge in [0.1, 0.15) is 0 Å². The van der Waals surface area contributed by atoms with Crippen molar-refractivity contribution >= 4 is 9.84 Å². The minimum atomic E-state index is -3.49. The molecule has 1 aliphatic heterocycles. The maximum atomic E-state index is 12.8. The summed E-state index contributed by atoms with van der Waals surface area (Å²) in [5, 5.41) is 0. The van der Waals surface area contributed by atoms with Crippen LogP contribution in [0.1, 0.15) is 12.8 Å². The Hall–Kier alpha value is -1.65. The highest BCUT2D eigenvalue weighted by Gasteiger charge is 2.28. The van der Waals surface area contributed by atoms with Crippen molar-refractivity contribution in [3.8, 4) is 0 Å². The summed E-state index contributed by atoms with van der Waals surface area (Å²) in [5.74, 6) is 0. The Labute approximate surface area is 119 Å². The molecule has 3 rings (SSSR count). The molecule has 1 aliphatic carbocycles. The average Bonchev–Trinajstić information content (AvgIpc) is 2.73. The van der Waals surface area contributed by atoms with Crippen LogP contribution in [0.3, 0.4) is 0 Å². The zero-order valence-electron chi connectivity index (χ0n) is 11.1. The van der Waals surface area contributed by atoms with Crippen LogP contribution in [0.25, 0.3) is 0 Å². The van der Waals surface area contributed by atoms with Gasteiger partial charge in [0.15, 0.2) is 0 Å². The van der Waals surface area contributed by atoms with Crippen LogP contribution in [0.5, 0.6) is 0 Å². The third kappa shape index (κ3) is 2.37. The molecule has 0 amide bonds. The number of sulfone groups is 1. The molecule has 1 heterocycles. The molecular weight excluding hydrogens is 272 g/mol. The van der Waals surface area contributed by atoms with Gasteiger partial charge in [0.05, 0.1) is 23.0 Å². The molecule has 20 heavy (non-hydrogen) atoms. The van der Waals surface area contributed by atoms with E-state index in [0.29, 0.717) is 16.4 Å². The number of benzene rings is 1. The number of allylic oxidation sites excluding steroid dienone is 3. The third-order valence-corrected chi connectivity index (χ3v) is 5.40. The maximum Gasteiger partial charge on any atom is 0.205 e. The van der Waals surface area contributed by atoms with Crippen molar-refractivity contribution in [1.29, 1.82) is 0 Å². The topological polar surface area (TPSA) is 43.4 Å². The summed E-state index contributed by atoms with van der Waals surface area (Å²) in [6.07, 6.45) is 7.90. The lowest BCUT2D eigenvalue weighted by molar-refractivity contribution is 0.177. The molecule has 0 aromatic heterocycles. The lowest BCUT2D eigenvalue weighted by Crippen LogP contribution is -2.20. The fraction of sp³-hybridized carbons (Fsp3) is 0.250. The summed E-state index contributed by atoms with van der Waals surface area (Å²) >= 11 is 0. The van der Waals surface area contributed by atoms with Gasteiger partial charge >= 0.3 is 0 Å². The fourth-order valence-corrected chi connectivity index (χ4v) is 4.00. The molecule has 0 atom stereocenters. The van der Waals surface area contributed by atoms with E-state index in [4.69, 9.17) is 4.74 Å². The van der Waals surface area contributed by atoms with Crippen LogP contribution in [0, 0.1) is 0 Å². The number of rotatable bonds is 2. The van der Waals surface area contributed by atoms with E-state index < -0.39 is 9.84 Å². The Bertz CT molecular complexity index is 694. The van der Waals surface area contributed by atoms with Crippen LogP contribution in [0.15, 0.2) is 69.5 Å². The summed E-state index contributed by atoms with van der Waals surface area (Å²) in [7, 11) is -3.49. The number of fused-ring (bicyclic) bond motifs is 1. The Morgan fingerprint density at radius 1 is 1.00 bits per heavy atom. The molecule has 4 heteroatoms. The molecule has 0 saturated carbocycles. The smallest absolute Gasteiger partial charge is 0.205 e. The SMILES string of the molecule is O=S(=O)(C1=C2C=CCCC=C2COC1)c1ccccc1. The highest BCUT2D eigenvalue weighted by molar-refractivity contribution is 7.95. The van der Waals surface area contributed by atoms with E-state index in [1.165, 1.54) is 0 Å². The number of ether oxygens (including phenoxy) is 1. The van der Waals surface area contributed by atoms with Crippen LogP contribution < -0.4 is 0 Å². The third-order valence-electron chi connectivity index (χ3n) is 3.52. The summed E-state index contributed by atoms with van der Waals surface area (Å²) in [6.45, 7) is 0.641. The molecule has 0 spiro atoms. The van der Waals surface area contributed by atoms with Crippen LogP contribution in [0.2, 0.25) is 0 Å². The van der Waals surface area contributed by atoms with Gasteiger partial charge in [0.25, 0.3) is 0 Å². The summed E-state index contributed by atoms with van der Waals surface area (Å²) in [6, 6.07) is 8.54. The van der Waals surface area contributed by atoms with Crippen molar-refractivity contribution in [3.05, 3.63) is 64.6 Å².